The lowest BCUT2D eigenvalue weighted by Crippen LogP contribution is -2.61. The number of piperidine rings is 1. The summed E-state index contributed by atoms with van der Waals surface area (Å²) in [6.45, 7) is 10.2. The van der Waals surface area contributed by atoms with Crippen LogP contribution in [0.4, 0.5) is 20.0 Å². The number of hydrogen-bond donors (Lipinski definition) is 1. The summed E-state index contributed by atoms with van der Waals surface area (Å²) in [4.78, 5) is 41.5. The van der Waals surface area contributed by atoms with Crippen molar-refractivity contribution >= 4 is 34.2 Å². The van der Waals surface area contributed by atoms with Crippen LogP contribution in [0.3, 0.4) is 0 Å². The zero-order valence-corrected chi connectivity index (χ0v) is 29.9. The van der Waals surface area contributed by atoms with Crippen molar-refractivity contribution in [3.63, 3.8) is 0 Å². The van der Waals surface area contributed by atoms with E-state index in [2.05, 4.69) is 44.0 Å². The summed E-state index contributed by atoms with van der Waals surface area (Å²) in [5.74, 6) is -0.547. The minimum absolute atomic E-state index is 0.222. The highest BCUT2D eigenvalue weighted by Crippen LogP contribution is 2.52. The van der Waals surface area contributed by atoms with Gasteiger partial charge in [0.1, 0.15) is 29.8 Å². The van der Waals surface area contributed by atoms with Crippen LogP contribution in [0.2, 0.25) is 0 Å². The maximum Gasteiger partial charge on any atom is 0.410 e. The number of benzene rings is 2. The number of halogens is 1. The number of aryl methyl sites for hydroxylation is 1. The third kappa shape index (κ3) is 5.98. The molecule has 13 heteroatoms. The average Bonchev–Trinajstić information content (AvgIpc) is 3.35. The van der Waals surface area contributed by atoms with Crippen LogP contribution in [0.15, 0.2) is 54.3 Å². The Labute approximate surface area is 300 Å². The van der Waals surface area contributed by atoms with Gasteiger partial charge in [0, 0.05) is 73.2 Å². The lowest BCUT2D eigenvalue weighted by atomic mass is 9.72. The third-order valence-corrected chi connectivity index (χ3v) is 11.7. The second-order valence-electron chi connectivity index (χ2n) is 15.6. The number of nitrogens with zero attached hydrogens (tertiary/aromatic N) is 6. The quantitative estimate of drug-likeness (QED) is 0.225. The first-order chi connectivity index (χ1) is 24.5. The van der Waals surface area contributed by atoms with Crippen molar-refractivity contribution in [1.82, 2.24) is 24.3 Å². The van der Waals surface area contributed by atoms with Crippen molar-refractivity contribution in [2.75, 3.05) is 36.4 Å². The van der Waals surface area contributed by atoms with Gasteiger partial charge in [-0.25, -0.2) is 19.2 Å². The lowest BCUT2D eigenvalue weighted by Gasteiger charge is -2.55. The number of thiazole rings is 1. The molecule has 7 heterocycles. The number of likely N-dealkylation sites (tertiary alicyclic amines) is 1. The molecule has 3 saturated heterocycles. The number of rotatable bonds is 6. The highest BCUT2D eigenvalue weighted by Gasteiger charge is 2.54. The summed E-state index contributed by atoms with van der Waals surface area (Å²) in [5, 5.41) is 5.30. The molecule has 266 valence electrons. The van der Waals surface area contributed by atoms with E-state index >= 15 is 4.39 Å². The monoisotopic (exact) mass is 711 g/mol. The summed E-state index contributed by atoms with van der Waals surface area (Å²) in [6.07, 6.45) is 6.35. The Morgan fingerprint density at radius 1 is 1.08 bits per heavy atom. The molecule has 5 aliphatic rings. The molecule has 9 rings (SSSR count). The maximum absolute atomic E-state index is 16.1. The van der Waals surface area contributed by atoms with E-state index in [4.69, 9.17) is 14.5 Å². The molecular formula is C38H42FN7O4S. The number of aromatic nitrogens is 3. The van der Waals surface area contributed by atoms with Gasteiger partial charge >= 0.3 is 6.09 Å². The van der Waals surface area contributed by atoms with Crippen LogP contribution < -0.4 is 10.2 Å². The standard InChI is InChI=1S/C38H42FN7O4S/c1-37(2,3)50-36(48)43-14-10-38(11-15-43)20-45(21-38)25-8-6-23(7-9-25)24-17-26-27(28(39)18-24)19-46(34-32(26)49-34)31(33(47)42-35-40-12-16-51-35)30-29-5-4-13-44(29)22-41-30/h6-9,12,16-18,22,31-32,34H,4-5,10-11,13-15,19-21H2,1-3H3,(H,40,42,47). The highest BCUT2D eigenvalue weighted by atomic mass is 32.1. The van der Waals surface area contributed by atoms with Crippen molar-refractivity contribution in [3.05, 3.63) is 82.6 Å². The van der Waals surface area contributed by atoms with E-state index in [1.807, 2.05) is 42.0 Å². The SMILES string of the molecule is CC(C)(C)OC(=O)N1CCC2(CC1)CN(c1ccc(-c3cc(F)c4c(c3)C3OC3N(C(C(=O)Nc3nccs3)c3ncn5c3CCC5)C4)cc1)C2. The Bertz CT molecular complexity index is 1980. The molecule has 0 bridgehead atoms. The van der Waals surface area contributed by atoms with Gasteiger partial charge in [0.2, 0.25) is 5.91 Å². The fraction of sp³-hybridized carbons (Fsp3) is 0.474. The van der Waals surface area contributed by atoms with Crippen molar-refractivity contribution in [2.45, 2.75) is 83.5 Å². The highest BCUT2D eigenvalue weighted by molar-refractivity contribution is 7.13. The maximum atomic E-state index is 16.1. The number of nitrogens with one attached hydrogen (secondary N) is 1. The normalized spacial score (nSPS) is 22.5. The van der Waals surface area contributed by atoms with Gasteiger partial charge in [-0.2, -0.15) is 0 Å². The largest absolute Gasteiger partial charge is 0.444 e. The van der Waals surface area contributed by atoms with Gasteiger partial charge in [-0.3, -0.25) is 9.69 Å². The van der Waals surface area contributed by atoms with E-state index in [0.717, 1.165) is 86.5 Å². The second kappa shape index (κ2) is 12.1. The molecule has 3 fully saturated rings. The van der Waals surface area contributed by atoms with Crippen LogP contribution in [0.25, 0.3) is 11.1 Å². The Morgan fingerprint density at radius 3 is 2.59 bits per heavy atom. The Kier molecular flexibility index (Phi) is 7.75. The molecule has 5 aliphatic heterocycles. The number of carbonyl (C=O) groups excluding carboxylic acids is 2. The Balaban J connectivity index is 0.892. The molecule has 2 amide bonds. The number of fused-ring (bicyclic) bond motifs is 4. The minimum atomic E-state index is -0.740. The zero-order valence-electron chi connectivity index (χ0n) is 29.1. The van der Waals surface area contributed by atoms with E-state index in [-0.39, 0.29) is 42.1 Å². The minimum Gasteiger partial charge on any atom is -0.444 e. The molecule has 0 aliphatic carbocycles. The molecule has 3 atom stereocenters. The van der Waals surface area contributed by atoms with Gasteiger partial charge in [0.25, 0.3) is 0 Å². The van der Waals surface area contributed by atoms with E-state index in [9.17, 15) is 9.59 Å². The number of imidazole rings is 1. The van der Waals surface area contributed by atoms with Crippen molar-refractivity contribution in [2.24, 2.45) is 5.41 Å². The number of hydrogen-bond acceptors (Lipinski definition) is 9. The summed E-state index contributed by atoms with van der Waals surface area (Å²) in [7, 11) is 0. The number of amides is 2. The van der Waals surface area contributed by atoms with E-state index < -0.39 is 11.6 Å². The third-order valence-electron chi connectivity index (χ3n) is 11.1. The fourth-order valence-electron chi connectivity index (χ4n) is 8.38. The van der Waals surface area contributed by atoms with Gasteiger partial charge in [0.05, 0.1) is 12.0 Å². The molecule has 1 N–H and O–H groups in total. The molecule has 2 aromatic carbocycles. The molecule has 4 aromatic rings. The summed E-state index contributed by atoms with van der Waals surface area (Å²) >= 11 is 1.36. The summed E-state index contributed by atoms with van der Waals surface area (Å²) < 4.78 is 30.0. The van der Waals surface area contributed by atoms with Crippen LogP contribution in [0.1, 0.15) is 74.7 Å². The average molecular weight is 712 g/mol. The van der Waals surface area contributed by atoms with Crippen LogP contribution in [0, 0.1) is 11.2 Å². The van der Waals surface area contributed by atoms with Crippen LogP contribution in [-0.2, 0) is 33.8 Å². The molecule has 0 radical (unpaired) electrons. The van der Waals surface area contributed by atoms with E-state index in [1.165, 1.54) is 11.3 Å². The van der Waals surface area contributed by atoms with Crippen molar-refractivity contribution in [1.29, 1.82) is 0 Å². The van der Waals surface area contributed by atoms with Crippen molar-refractivity contribution in [3.8, 4) is 11.1 Å². The van der Waals surface area contributed by atoms with Gasteiger partial charge in [-0.1, -0.05) is 12.1 Å². The Hall–Kier alpha value is -4.33. The molecule has 1 spiro atoms. The molecule has 3 unspecified atom stereocenters. The summed E-state index contributed by atoms with van der Waals surface area (Å²) in [6, 6.07) is 11.3. The number of carbonyl (C=O) groups is 2. The number of anilines is 2. The van der Waals surface area contributed by atoms with Gasteiger partial charge < -0.3 is 29.2 Å². The lowest BCUT2D eigenvalue weighted by molar-refractivity contribution is -0.123. The number of epoxide rings is 1. The van der Waals surface area contributed by atoms with Crippen LogP contribution >= 0.6 is 11.3 Å². The second-order valence-corrected chi connectivity index (χ2v) is 16.5. The first-order valence-electron chi connectivity index (χ1n) is 17.9. The fourth-order valence-corrected chi connectivity index (χ4v) is 8.91. The zero-order chi connectivity index (χ0) is 35.1. The molecule has 2 aromatic heterocycles. The van der Waals surface area contributed by atoms with E-state index in [0.29, 0.717) is 16.4 Å². The molecule has 51 heavy (non-hydrogen) atoms. The van der Waals surface area contributed by atoms with E-state index in [1.54, 1.807) is 18.6 Å². The van der Waals surface area contributed by atoms with Crippen molar-refractivity contribution < 1.29 is 23.5 Å². The first-order valence-corrected chi connectivity index (χ1v) is 18.7. The topological polar surface area (TPSA) is 108 Å². The smallest absolute Gasteiger partial charge is 0.410 e. The van der Waals surface area contributed by atoms with Crippen LogP contribution in [-0.4, -0.2) is 74.3 Å². The number of ether oxygens (including phenoxy) is 2. The predicted octanol–water partition coefficient (Wildman–Crippen LogP) is 6.52. The van der Waals surface area contributed by atoms with Gasteiger partial charge in [-0.05, 0) is 87.4 Å². The molecular weight excluding hydrogens is 670 g/mol. The first kappa shape index (κ1) is 32.6. The Morgan fingerprint density at radius 2 is 1.86 bits per heavy atom. The van der Waals surface area contributed by atoms with Crippen LogP contribution in [0.5, 0.6) is 0 Å². The van der Waals surface area contributed by atoms with Gasteiger partial charge in [-0.15, -0.1) is 11.3 Å². The predicted molar refractivity (Wildman–Crippen MR) is 191 cm³/mol. The summed E-state index contributed by atoms with van der Waals surface area (Å²) in [5.41, 5.74) is 5.78. The van der Waals surface area contributed by atoms with Gasteiger partial charge in [0.15, 0.2) is 5.13 Å². The molecule has 11 nitrogen and oxygen atoms in total. The molecule has 0 saturated carbocycles.